The van der Waals surface area contributed by atoms with Crippen LogP contribution in [0.15, 0.2) is 47.4 Å². The first-order valence-electron chi connectivity index (χ1n) is 9.99. The number of benzene rings is 2. The highest BCUT2D eigenvalue weighted by Gasteiger charge is 2.41. The van der Waals surface area contributed by atoms with Crippen molar-refractivity contribution >= 4 is 5.91 Å². The number of fused-ring (bicyclic) bond motifs is 3. The largest absolute Gasteiger partial charge is 0.502 e. The molecule has 2 heterocycles. The summed E-state index contributed by atoms with van der Waals surface area (Å²) in [5, 5.41) is 14.5. The van der Waals surface area contributed by atoms with Gasteiger partial charge < -0.3 is 10.0 Å². The van der Waals surface area contributed by atoms with Crippen molar-refractivity contribution in [3.63, 3.8) is 0 Å². The van der Waals surface area contributed by atoms with Gasteiger partial charge >= 0.3 is 0 Å². The van der Waals surface area contributed by atoms with Gasteiger partial charge in [-0.3, -0.25) is 14.3 Å². The minimum Gasteiger partial charge on any atom is -0.502 e. The molecular weight excluding hydrogens is 404 g/mol. The van der Waals surface area contributed by atoms with E-state index in [0.717, 1.165) is 6.20 Å². The van der Waals surface area contributed by atoms with Crippen LogP contribution in [-0.4, -0.2) is 39.3 Å². The second-order valence-corrected chi connectivity index (χ2v) is 8.00. The molecule has 1 aromatic heterocycles. The van der Waals surface area contributed by atoms with Gasteiger partial charge in [0, 0.05) is 19.5 Å². The third kappa shape index (κ3) is 2.85. The third-order valence-corrected chi connectivity index (χ3v) is 6.30. The van der Waals surface area contributed by atoms with Crippen molar-refractivity contribution in [1.82, 2.24) is 14.7 Å². The lowest BCUT2D eigenvalue weighted by Crippen LogP contribution is -2.45. The Hall–Kier alpha value is -3.55. The van der Waals surface area contributed by atoms with Gasteiger partial charge in [-0.05, 0) is 47.2 Å². The topological polar surface area (TPSA) is 75.4 Å². The standard InChI is InChI=1S/C23H19F2N3O3/c1-27-11-18(28-21(23(27)31)22(30)19(29)10-26-28)20-14-4-2-6-16(24)12(14)8-9-13-15(20)5-3-7-17(13)25/h2-7,10,18,20,30H,8-9,11H2,1H3/t18-/m1/s1. The normalized spacial score (nSPS) is 18.2. The molecule has 1 aliphatic heterocycles. The van der Waals surface area contributed by atoms with E-state index in [1.165, 1.54) is 21.7 Å². The molecule has 5 rings (SSSR count). The Morgan fingerprint density at radius 3 is 2.16 bits per heavy atom. The van der Waals surface area contributed by atoms with Crippen LogP contribution in [0.3, 0.4) is 0 Å². The molecule has 2 aliphatic rings. The van der Waals surface area contributed by atoms with Crippen molar-refractivity contribution in [2.45, 2.75) is 24.8 Å². The molecule has 2 aromatic carbocycles. The Kier molecular flexibility index (Phi) is 4.39. The van der Waals surface area contributed by atoms with E-state index in [2.05, 4.69) is 5.10 Å². The predicted molar refractivity (Wildman–Crippen MR) is 108 cm³/mol. The Morgan fingerprint density at radius 1 is 1.00 bits per heavy atom. The van der Waals surface area contributed by atoms with Gasteiger partial charge in [0.25, 0.3) is 5.91 Å². The monoisotopic (exact) mass is 423 g/mol. The fraction of sp³-hybridized carbons (Fsp3) is 0.261. The van der Waals surface area contributed by atoms with Crippen molar-refractivity contribution in [1.29, 1.82) is 0 Å². The minimum atomic E-state index is -0.757. The van der Waals surface area contributed by atoms with Crippen molar-refractivity contribution in [3.8, 4) is 5.75 Å². The maximum atomic E-state index is 14.8. The Bertz CT molecular complexity index is 1230. The van der Waals surface area contributed by atoms with Gasteiger partial charge in [0.1, 0.15) is 11.6 Å². The van der Waals surface area contributed by atoms with Crippen LogP contribution in [0.4, 0.5) is 8.78 Å². The lowest BCUT2D eigenvalue weighted by Gasteiger charge is -2.38. The van der Waals surface area contributed by atoms with Gasteiger partial charge in [-0.1, -0.05) is 24.3 Å². The number of likely N-dealkylation sites (N-methyl/N-ethyl adjacent to an activating group) is 1. The number of aromatic nitrogens is 2. The number of carbonyl (C=O) groups excluding carboxylic acids is 1. The predicted octanol–water partition coefficient (Wildman–Crippen LogP) is 2.78. The molecule has 0 spiro atoms. The summed E-state index contributed by atoms with van der Waals surface area (Å²) in [6.07, 6.45) is 1.63. The molecule has 1 amide bonds. The van der Waals surface area contributed by atoms with Gasteiger partial charge in [-0.15, -0.1) is 0 Å². The lowest BCUT2D eigenvalue weighted by atomic mass is 9.81. The smallest absolute Gasteiger partial charge is 0.275 e. The summed E-state index contributed by atoms with van der Waals surface area (Å²) in [5.74, 6) is -2.49. The number of nitrogens with zero attached hydrogens (tertiary/aromatic N) is 3. The van der Waals surface area contributed by atoms with E-state index in [4.69, 9.17) is 0 Å². The fourth-order valence-corrected chi connectivity index (χ4v) is 4.87. The SMILES string of the molecule is CN1C[C@H](C2c3cccc(F)c3CCc3c(F)cccc32)n2ncc(=O)c(O)c2C1=O. The van der Waals surface area contributed by atoms with Gasteiger partial charge in [0.05, 0.1) is 12.2 Å². The number of amides is 1. The van der Waals surface area contributed by atoms with Crippen molar-refractivity contribution < 1.29 is 18.7 Å². The summed E-state index contributed by atoms with van der Waals surface area (Å²) in [7, 11) is 1.56. The Balaban J connectivity index is 1.82. The zero-order valence-electron chi connectivity index (χ0n) is 16.7. The molecule has 0 radical (unpaired) electrons. The molecule has 0 fully saturated rings. The van der Waals surface area contributed by atoms with Crippen molar-refractivity contribution in [3.05, 3.63) is 92.4 Å². The first-order chi connectivity index (χ1) is 14.9. The summed E-state index contributed by atoms with van der Waals surface area (Å²) in [4.78, 5) is 26.1. The van der Waals surface area contributed by atoms with Crippen LogP contribution in [-0.2, 0) is 12.8 Å². The van der Waals surface area contributed by atoms with Crippen molar-refractivity contribution in [2.24, 2.45) is 0 Å². The summed E-state index contributed by atoms with van der Waals surface area (Å²) < 4.78 is 30.9. The second-order valence-electron chi connectivity index (χ2n) is 8.00. The first kappa shape index (κ1) is 19.4. The molecule has 8 heteroatoms. The van der Waals surface area contributed by atoms with Crippen LogP contribution in [0.25, 0.3) is 0 Å². The first-order valence-corrected chi connectivity index (χ1v) is 9.99. The highest BCUT2D eigenvalue weighted by Crippen LogP contribution is 2.44. The summed E-state index contributed by atoms with van der Waals surface area (Å²) in [6.45, 7) is 0.192. The molecule has 0 bridgehead atoms. The van der Waals surface area contributed by atoms with E-state index in [9.17, 15) is 23.5 Å². The van der Waals surface area contributed by atoms with Crippen LogP contribution in [0.5, 0.6) is 5.75 Å². The molecule has 1 N–H and O–H groups in total. The van der Waals surface area contributed by atoms with E-state index in [0.29, 0.717) is 35.1 Å². The van der Waals surface area contributed by atoms with Gasteiger partial charge in [-0.25, -0.2) is 8.78 Å². The number of aromatic hydroxyl groups is 1. The molecule has 31 heavy (non-hydrogen) atoms. The van der Waals surface area contributed by atoms with E-state index >= 15 is 0 Å². The zero-order chi connectivity index (χ0) is 21.9. The summed E-state index contributed by atoms with van der Waals surface area (Å²) in [5.41, 5.74) is 1.38. The Labute approximate surface area is 176 Å². The van der Waals surface area contributed by atoms with Crippen molar-refractivity contribution in [2.75, 3.05) is 13.6 Å². The van der Waals surface area contributed by atoms with E-state index in [-0.39, 0.29) is 23.9 Å². The van der Waals surface area contributed by atoms with Crippen LogP contribution in [0, 0.1) is 11.6 Å². The fourth-order valence-electron chi connectivity index (χ4n) is 4.87. The van der Waals surface area contributed by atoms with Crippen LogP contribution in [0.1, 0.15) is 44.7 Å². The average molecular weight is 423 g/mol. The maximum absolute atomic E-state index is 14.8. The minimum absolute atomic E-state index is 0.192. The number of hydrogen-bond donors (Lipinski definition) is 1. The molecule has 1 aliphatic carbocycles. The number of carbonyl (C=O) groups is 1. The number of halogens is 2. The summed E-state index contributed by atoms with van der Waals surface area (Å²) >= 11 is 0. The van der Waals surface area contributed by atoms with Gasteiger partial charge in [0.15, 0.2) is 11.4 Å². The van der Waals surface area contributed by atoms with Crippen LogP contribution >= 0.6 is 0 Å². The third-order valence-electron chi connectivity index (χ3n) is 6.30. The zero-order valence-corrected chi connectivity index (χ0v) is 16.7. The quantitative estimate of drug-likeness (QED) is 0.653. The van der Waals surface area contributed by atoms with E-state index < -0.39 is 29.0 Å². The maximum Gasteiger partial charge on any atom is 0.275 e. The number of rotatable bonds is 1. The lowest BCUT2D eigenvalue weighted by molar-refractivity contribution is 0.0686. The number of hydrogen-bond acceptors (Lipinski definition) is 4. The molecule has 0 saturated heterocycles. The van der Waals surface area contributed by atoms with E-state index in [1.807, 2.05) is 12.1 Å². The Morgan fingerprint density at radius 2 is 1.58 bits per heavy atom. The molecule has 3 aromatic rings. The molecule has 6 nitrogen and oxygen atoms in total. The van der Waals surface area contributed by atoms with Gasteiger partial charge in [-0.2, -0.15) is 5.10 Å². The highest BCUT2D eigenvalue weighted by molar-refractivity contribution is 5.95. The van der Waals surface area contributed by atoms with E-state index in [1.54, 1.807) is 19.2 Å². The van der Waals surface area contributed by atoms with Crippen LogP contribution < -0.4 is 5.43 Å². The molecule has 1 atom stereocenters. The molecular formula is C23H19F2N3O3. The molecule has 0 saturated carbocycles. The van der Waals surface area contributed by atoms with Gasteiger partial charge in [0.2, 0.25) is 5.43 Å². The summed E-state index contributed by atoms with van der Waals surface area (Å²) in [6, 6.07) is 9.02. The molecule has 0 unspecified atom stereocenters. The second kappa shape index (κ2) is 7.01. The highest BCUT2D eigenvalue weighted by atomic mass is 19.1. The average Bonchev–Trinajstić information content (AvgIpc) is 2.91. The van der Waals surface area contributed by atoms with Crippen LogP contribution in [0.2, 0.25) is 0 Å². The molecule has 158 valence electrons.